The molecule has 1 amide bonds. The van der Waals surface area contributed by atoms with Gasteiger partial charge < -0.3 is 9.67 Å². The van der Waals surface area contributed by atoms with Crippen LogP contribution in [0.3, 0.4) is 0 Å². The first-order valence-electron chi connectivity index (χ1n) is 9.05. The summed E-state index contributed by atoms with van der Waals surface area (Å²) in [6, 6.07) is 5.02. The number of carboxylic acids is 1. The Bertz CT molecular complexity index is 1310. The van der Waals surface area contributed by atoms with E-state index >= 15 is 0 Å². The lowest BCUT2D eigenvalue weighted by molar-refractivity contribution is 0.0694. The van der Waals surface area contributed by atoms with Crippen molar-refractivity contribution in [2.24, 2.45) is 0 Å². The fourth-order valence-electron chi connectivity index (χ4n) is 2.96. The molecule has 0 aliphatic rings. The SMILES string of the molecule is CCn1cc(C(=O)O)c(=O)c2cc(F)c(NNC(=S)NC(=O)c3c(F)cccc3F)cc21. The zero-order valence-electron chi connectivity index (χ0n) is 16.3. The third-order valence-corrected chi connectivity index (χ3v) is 4.67. The Labute approximate surface area is 183 Å². The van der Waals surface area contributed by atoms with Crippen molar-refractivity contribution in [1.29, 1.82) is 0 Å². The Kier molecular flexibility index (Phi) is 6.44. The first-order chi connectivity index (χ1) is 15.1. The minimum Gasteiger partial charge on any atom is -0.477 e. The van der Waals surface area contributed by atoms with E-state index in [0.717, 1.165) is 30.5 Å². The molecule has 8 nitrogen and oxygen atoms in total. The zero-order valence-corrected chi connectivity index (χ0v) is 17.1. The van der Waals surface area contributed by atoms with Crippen LogP contribution in [-0.4, -0.2) is 26.7 Å². The van der Waals surface area contributed by atoms with Crippen LogP contribution in [0.5, 0.6) is 0 Å². The number of thiocarbonyl (C=S) groups is 1. The molecule has 0 aliphatic heterocycles. The first-order valence-corrected chi connectivity index (χ1v) is 9.46. The zero-order chi connectivity index (χ0) is 23.6. The van der Waals surface area contributed by atoms with Crippen molar-refractivity contribution in [3.63, 3.8) is 0 Å². The molecule has 12 heteroatoms. The Morgan fingerprint density at radius 2 is 1.78 bits per heavy atom. The van der Waals surface area contributed by atoms with Crippen LogP contribution < -0.4 is 21.6 Å². The van der Waals surface area contributed by atoms with Crippen LogP contribution in [0.4, 0.5) is 18.9 Å². The molecule has 32 heavy (non-hydrogen) atoms. The Morgan fingerprint density at radius 3 is 2.38 bits per heavy atom. The van der Waals surface area contributed by atoms with Gasteiger partial charge in [-0.05, 0) is 43.4 Å². The normalized spacial score (nSPS) is 10.6. The fraction of sp³-hybridized carbons (Fsp3) is 0.100. The summed E-state index contributed by atoms with van der Waals surface area (Å²) in [4.78, 5) is 35.7. The van der Waals surface area contributed by atoms with Gasteiger partial charge in [0.15, 0.2) is 5.11 Å². The highest BCUT2D eigenvalue weighted by atomic mass is 32.1. The van der Waals surface area contributed by atoms with E-state index < -0.39 is 51.0 Å². The Balaban J connectivity index is 1.83. The molecule has 3 aromatic rings. The number of aromatic nitrogens is 1. The van der Waals surface area contributed by atoms with Crippen LogP contribution in [0.1, 0.15) is 27.6 Å². The molecule has 1 heterocycles. The largest absolute Gasteiger partial charge is 0.477 e. The summed E-state index contributed by atoms with van der Waals surface area (Å²) in [7, 11) is 0. The van der Waals surface area contributed by atoms with E-state index in [-0.39, 0.29) is 23.1 Å². The number of rotatable bonds is 5. The molecular formula is C20H15F3N4O4S. The van der Waals surface area contributed by atoms with Gasteiger partial charge in [-0.2, -0.15) is 0 Å². The van der Waals surface area contributed by atoms with Crippen molar-refractivity contribution in [2.45, 2.75) is 13.5 Å². The molecule has 3 rings (SSSR count). The summed E-state index contributed by atoms with van der Waals surface area (Å²) in [6.45, 7) is 2.00. The van der Waals surface area contributed by atoms with Crippen LogP contribution in [0.15, 0.2) is 41.3 Å². The minimum atomic E-state index is -1.43. The molecule has 166 valence electrons. The van der Waals surface area contributed by atoms with E-state index in [1.54, 1.807) is 6.92 Å². The Morgan fingerprint density at radius 1 is 1.12 bits per heavy atom. The molecule has 2 aromatic carbocycles. The van der Waals surface area contributed by atoms with Gasteiger partial charge in [0.05, 0.1) is 11.2 Å². The van der Waals surface area contributed by atoms with Gasteiger partial charge in [0.25, 0.3) is 5.91 Å². The number of hydrogen-bond acceptors (Lipinski definition) is 5. The number of nitrogens with one attached hydrogen (secondary N) is 3. The van der Waals surface area contributed by atoms with E-state index in [1.807, 2.05) is 0 Å². The molecular weight excluding hydrogens is 449 g/mol. The van der Waals surface area contributed by atoms with Crippen molar-refractivity contribution in [2.75, 3.05) is 5.43 Å². The van der Waals surface area contributed by atoms with E-state index in [1.165, 1.54) is 10.6 Å². The second kappa shape index (κ2) is 9.06. The van der Waals surface area contributed by atoms with Crippen LogP contribution in [0.2, 0.25) is 0 Å². The summed E-state index contributed by atoms with van der Waals surface area (Å²) in [5.41, 5.74) is 2.59. The van der Waals surface area contributed by atoms with E-state index in [9.17, 15) is 32.7 Å². The maximum Gasteiger partial charge on any atom is 0.341 e. The topological polar surface area (TPSA) is 112 Å². The smallest absolute Gasteiger partial charge is 0.341 e. The first kappa shape index (κ1) is 22.7. The molecule has 4 N–H and O–H groups in total. The highest BCUT2D eigenvalue weighted by Crippen LogP contribution is 2.21. The summed E-state index contributed by atoms with van der Waals surface area (Å²) in [5, 5.41) is 10.7. The number of pyridine rings is 1. The second-order valence-corrected chi connectivity index (χ2v) is 6.85. The number of fused-ring (bicyclic) bond motifs is 1. The molecule has 0 radical (unpaired) electrons. The van der Waals surface area contributed by atoms with Gasteiger partial charge in [-0.15, -0.1) is 0 Å². The van der Waals surface area contributed by atoms with Crippen molar-refractivity contribution >= 4 is 45.8 Å². The number of nitrogens with zero attached hydrogens (tertiary/aromatic N) is 1. The summed E-state index contributed by atoms with van der Waals surface area (Å²) >= 11 is 4.88. The van der Waals surface area contributed by atoms with Gasteiger partial charge >= 0.3 is 5.97 Å². The van der Waals surface area contributed by atoms with Gasteiger partial charge in [-0.1, -0.05) is 6.07 Å². The number of benzene rings is 2. The average Bonchev–Trinajstić information content (AvgIpc) is 2.72. The highest BCUT2D eigenvalue weighted by Gasteiger charge is 2.19. The van der Waals surface area contributed by atoms with E-state index in [4.69, 9.17) is 12.2 Å². The monoisotopic (exact) mass is 464 g/mol. The van der Waals surface area contributed by atoms with Crippen molar-refractivity contribution in [3.05, 3.63) is 75.3 Å². The summed E-state index contributed by atoms with van der Waals surface area (Å²) in [6.07, 6.45) is 1.15. The third kappa shape index (κ3) is 4.39. The number of aryl methyl sites for hydroxylation is 1. The number of amides is 1. The lowest BCUT2D eigenvalue weighted by atomic mass is 10.1. The van der Waals surface area contributed by atoms with Crippen LogP contribution >= 0.6 is 12.2 Å². The number of carbonyl (C=O) groups excluding carboxylic acids is 1. The number of hydrogen-bond donors (Lipinski definition) is 4. The molecule has 0 atom stereocenters. The van der Waals surface area contributed by atoms with E-state index in [0.29, 0.717) is 0 Å². The predicted molar refractivity (Wildman–Crippen MR) is 114 cm³/mol. The fourth-order valence-corrected chi connectivity index (χ4v) is 3.10. The number of anilines is 1. The number of hydrazine groups is 1. The number of halogens is 3. The van der Waals surface area contributed by atoms with Crippen molar-refractivity contribution < 1.29 is 27.9 Å². The molecule has 0 saturated carbocycles. The van der Waals surface area contributed by atoms with Gasteiger partial charge in [-0.25, -0.2) is 18.0 Å². The minimum absolute atomic E-state index is 0.138. The van der Waals surface area contributed by atoms with Crippen molar-refractivity contribution in [1.82, 2.24) is 15.3 Å². The van der Waals surface area contributed by atoms with Crippen LogP contribution in [0.25, 0.3) is 10.9 Å². The summed E-state index contributed by atoms with van der Waals surface area (Å²) < 4.78 is 43.4. The van der Waals surface area contributed by atoms with Gasteiger partial charge in [0, 0.05) is 18.1 Å². The number of aromatic carboxylic acids is 1. The van der Waals surface area contributed by atoms with Crippen LogP contribution in [-0.2, 0) is 6.54 Å². The molecule has 0 saturated heterocycles. The average molecular weight is 464 g/mol. The molecule has 0 fully saturated rings. The molecule has 0 unspecified atom stereocenters. The third-order valence-electron chi connectivity index (χ3n) is 4.47. The molecule has 0 bridgehead atoms. The predicted octanol–water partition coefficient (Wildman–Crippen LogP) is 2.77. The highest BCUT2D eigenvalue weighted by molar-refractivity contribution is 7.80. The summed E-state index contributed by atoms with van der Waals surface area (Å²) in [5.74, 6) is -5.67. The molecule has 0 aliphatic carbocycles. The van der Waals surface area contributed by atoms with Crippen molar-refractivity contribution in [3.8, 4) is 0 Å². The lowest BCUT2D eigenvalue weighted by Gasteiger charge is -2.15. The number of carbonyl (C=O) groups is 2. The molecule has 0 spiro atoms. The maximum atomic E-state index is 14.5. The maximum absolute atomic E-state index is 14.5. The molecule has 1 aromatic heterocycles. The van der Waals surface area contributed by atoms with Crippen LogP contribution in [0, 0.1) is 17.5 Å². The lowest BCUT2D eigenvalue weighted by Crippen LogP contribution is -2.42. The van der Waals surface area contributed by atoms with E-state index in [2.05, 4.69) is 16.2 Å². The quantitative estimate of drug-likeness (QED) is 0.339. The standard InChI is InChI=1S/C20H15F3N4O4S/c1-2-27-8-10(19(30)31)17(28)9-6-13(23)14(7-15(9)27)25-26-20(32)24-18(29)16-11(21)4-3-5-12(16)22/h3-8,25H,2H2,1H3,(H,30,31)(H2,24,26,29,32). The van der Waals surface area contributed by atoms with Gasteiger partial charge in [0.1, 0.15) is 28.6 Å². The van der Waals surface area contributed by atoms with Gasteiger partial charge in [-0.3, -0.25) is 25.8 Å². The Hall–Kier alpha value is -3.93. The van der Waals surface area contributed by atoms with Gasteiger partial charge in [0.2, 0.25) is 5.43 Å². The second-order valence-electron chi connectivity index (χ2n) is 6.44. The number of carboxylic acid groups (broad SMARTS) is 1.